The molecule has 3 fully saturated rings. The van der Waals surface area contributed by atoms with Crippen molar-refractivity contribution in [3.8, 4) is 0 Å². The van der Waals surface area contributed by atoms with Gasteiger partial charge in [-0.2, -0.15) is 0 Å². The van der Waals surface area contributed by atoms with Crippen molar-refractivity contribution in [2.24, 2.45) is 0 Å². The standard InChI is InChI=1S/C21H25N9O12P2/c1-8-27-19-14(20(32)28-8)26-7-30(19)21-16-15(31)11(40-21)4-38-43(33,34)41-9-2-12(39-10(9)3-37-44(35,36)42-16)29-6-25-13-17(22)23-5-24-18(13)29/h5-7,9-12,15-16,21,31H,2-4H2,1H3,(H,33,34)(H,35,36)(H2,22,23,24)(H,27,28,32)/t9-,10-,11-,12-,15?,16+,21-/m1/s1. The zero-order valence-electron chi connectivity index (χ0n) is 22.5. The number of aryl methyl sites for hydroxylation is 1. The molecule has 0 radical (unpaired) electrons. The first-order chi connectivity index (χ1) is 20.9. The number of anilines is 1. The van der Waals surface area contributed by atoms with Crippen LogP contribution < -0.4 is 11.3 Å². The number of aromatic amines is 1. The maximum atomic E-state index is 13.2. The minimum atomic E-state index is -4.99. The molecule has 9 atom stereocenters. The Hall–Kier alpha value is -3.20. The Balaban J connectivity index is 1.19. The molecule has 0 aliphatic carbocycles. The number of phosphoric acid groups is 2. The van der Waals surface area contributed by atoms with Gasteiger partial charge in [-0.05, 0) is 6.92 Å². The van der Waals surface area contributed by atoms with Crippen LogP contribution in [-0.2, 0) is 36.7 Å². The van der Waals surface area contributed by atoms with E-state index < -0.39 is 77.4 Å². The average molecular weight is 657 g/mol. The fraction of sp³-hybridized carbons (Fsp3) is 0.524. The van der Waals surface area contributed by atoms with Crippen molar-refractivity contribution in [2.45, 2.75) is 56.3 Å². The Bertz CT molecular complexity index is 1900. The number of hydrogen-bond donors (Lipinski definition) is 5. The van der Waals surface area contributed by atoms with Gasteiger partial charge in [0.2, 0.25) is 0 Å². The van der Waals surface area contributed by atoms with Gasteiger partial charge in [-0.15, -0.1) is 0 Å². The number of aliphatic hydroxyl groups excluding tert-OH is 1. The van der Waals surface area contributed by atoms with Crippen molar-refractivity contribution in [1.82, 2.24) is 39.0 Å². The summed E-state index contributed by atoms with van der Waals surface area (Å²) in [6, 6.07) is 0. The lowest BCUT2D eigenvalue weighted by Gasteiger charge is -2.25. The van der Waals surface area contributed by atoms with Gasteiger partial charge in [-0.3, -0.25) is 32.0 Å². The summed E-state index contributed by atoms with van der Waals surface area (Å²) in [5.41, 5.74) is 5.87. The highest BCUT2D eigenvalue weighted by atomic mass is 31.2. The Kier molecular flexibility index (Phi) is 7.18. The van der Waals surface area contributed by atoms with Gasteiger partial charge < -0.3 is 35.1 Å². The summed E-state index contributed by atoms with van der Waals surface area (Å²) in [5, 5.41) is 11.0. The number of phosphoric ester groups is 2. The van der Waals surface area contributed by atoms with Crippen LogP contribution in [0.25, 0.3) is 22.3 Å². The number of H-pyrrole nitrogens is 1. The van der Waals surface area contributed by atoms with E-state index in [-0.39, 0.29) is 29.2 Å². The minimum Gasteiger partial charge on any atom is -0.387 e. The van der Waals surface area contributed by atoms with Gasteiger partial charge in [0.1, 0.15) is 54.4 Å². The molecule has 3 saturated heterocycles. The molecule has 0 saturated carbocycles. The Labute approximate surface area is 245 Å². The predicted molar refractivity (Wildman–Crippen MR) is 142 cm³/mol. The fourth-order valence-corrected chi connectivity index (χ4v) is 7.24. The number of rotatable bonds is 2. The third kappa shape index (κ3) is 5.25. The quantitative estimate of drug-likeness (QED) is 0.168. The Morgan fingerprint density at radius 2 is 1.64 bits per heavy atom. The van der Waals surface area contributed by atoms with Gasteiger partial charge in [0, 0.05) is 6.42 Å². The molecule has 4 aromatic rings. The van der Waals surface area contributed by atoms with Crippen molar-refractivity contribution < 1.29 is 51.6 Å². The second-order valence-corrected chi connectivity index (χ2v) is 13.0. The number of ether oxygens (including phenoxy) is 2. The first kappa shape index (κ1) is 29.5. The van der Waals surface area contributed by atoms with Crippen LogP contribution in [0, 0.1) is 6.92 Å². The number of nitrogens with zero attached hydrogens (tertiary/aromatic N) is 7. The van der Waals surface area contributed by atoms with Crippen molar-refractivity contribution in [3.63, 3.8) is 0 Å². The summed E-state index contributed by atoms with van der Waals surface area (Å²) in [6.45, 7) is 0.174. The zero-order chi connectivity index (χ0) is 31.0. The number of aromatic nitrogens is 8. The number of nitrogens with one attached hydrogen (secondary N) is 1. The normalized spacial score (nSPS) is 36.6. The van der Waals surface area contributed by atoms with Crippen molar-refractivity contribution in [1.29, 1.82) is 0 Å². The van der Waals surface area contributed by atoms with E-state index in [1.54, 1.807) is 0 Å². The van der Waals surface area contributed by atoms with Crippen LogP contribution in [0.15, 0.2) is 23.8 Å². The third-order valence-electron chi connectivity index (χ3n) is 7.34. The monoisotopic (exact) mass is 657 g/mol. The van der Waals surface area contributed by atoms with E-state index >= 15 is 0 Å². The predicted octanol–water partition coefficient (Wildman–Crippen LogP) is -0.586. The lowest BCUT2D eigenvalue weighted by Crippen LogP contribution is -2.35. The van der Waals surface area contributed by atoms with Gasteiger partial charge in [0.25, 0.3) is 5.56 Å². The molecule has 6 N–H and O–H groups in total. The smallest absolute Gasteiger partial charge is 0.387 e. The molecule has 23 heteroatoms. The highest BCUT2D eigenvalue weighted by Crippen LogP contribution is 2.53. The van der Waals surface area contributed by atoms with Gasteiger partial charge in [0.05, 0.1) is 25.9 Å². The molecule has 0 amide bonds. The largest absolute Gasteiger partial charge is 0.472 e. The molecule has 0 aromatic carbocycles. The van der Waals surface area contributed by atoms with Crippen molar-refractivity contribution >= 4 is 43.8 Å². The fourth-order valence-electron chi connectivity index (χ4n) is 5.35. The topological polar surface area (TPSA) is 283 Å². The molecule has 3 aliphatic rings. The number of aliphatic hydroxyl groups is 1. The number of hydrogen-bond acceptors (Lipinski definition) is 16. The van der Waals surface area contributed by atoms with Crippen LogP contribution in [-0.4, -0.2) is 97.7 Å². The highest BCUT2D eigenvalue weighted by Gasteiger charge is 2.52. The molecule has 44 heavy (non-hydrogen) atoms. The Morgan fingerprint density at radius 3 is 2.43 bits per heavy atom. The summed E-state index contributed by atoms with van der Waals surface area (Å²) >= 11 is 0. The molecule has 236 valence electrons. The molecule has 0 spiro atoms. The molecule has 2 bridgehead atoms. The first-order valence-electron chi connectivity index (χ1n) is 13.1. The molecular weight excluding hydrogens is 632 g/mol. The summed E-state index contributed by atoms with van der Waals surface area (Å²) in [5.74, 6) is 0.361. The minimum absolute atomic E-state index is 0.0249. The van der Waals surface area contributed by atoms with Gasteiger partial charge in [-0.1, -0.05) is 0 Å². The van der Waals surface area contributed by atoms with E-state index in [0.29, 0.717) is 11.2 Å². The van der Waals surface area contributed by atoms with Crippen LogP contribution in [0.1, 0.15) is 24.7 Å². The average Bonchev–Trinajstić information content (AvgIpc) is 3.72. The molecule has 21 nitrogen and oxygen atoms in total. The second-order valence-electron chi connectivity index (χ2n) is 10.2. The van der Waals surface area contributed by atoms with Gasteiger partial charge in [-0.25, -0.2) is 34.0 Å². The maximum absolute atomic E-state index is 13.2. The maximum Gasteiger partial charge on any atom is 0.472 e. The number of nitrogens with two attached hydrogens (primary N) is 1. The SMILES string of the molecule is Cc1nc2c(ncn2[C@@H]2O[C@@H]3COP(=O)(O)O[C@@H]4C[C@H](n5cnc6c(N)ncnc65)O[C@@H]4COP(=O)(O)O[C@H]2C3O)c(=O)[nH]1. The number of nitrogen functional groups attached to an aromatic ring is 1. The van der Waals surface area contributed by atoms with Crippen LogP contribution in [0.3, 0.4) is 0 Å². The zero-order valence-corrected chi connectivity index (χ0v) is 24.3. The second kappa shape index (κ2) is 10.7. The summed E-state index contributed by atoms with van der Waals surface area (Å²) in [6.07, 6.45) is -5.59. The summed E-state index contributed by atoms with van der Waals surface area (Å²) in [7, 11) is -9.84. The van der Waals surface area contributed by atoms with Crippen LogP contribution in [0.5, 0.6) is 0 Å². The first-order valence-corrected chi connectivity index (χ1v) is 16.0. The van der Waals surface area contributed by atoms with Crippen LogP contribution in [0.4, 0.5) is 5.82 Å². The molecule has 4 aromatic heterocycles. The van der Waals surface area contributed by atoms with E-state index in [1.807, 2.05) is 0 Å². The summed E-state index contributed by atoms with van der Waals surface area (Å²) < 4.78 is 62.0. The number of fused-ring (bicyclic) bond motifs is 5. The molecule has 7 heterocycles. The lowest BCUT2D eigenvalue weighted by molar-refractivity contribution is -0.0670. The molecule has 3 aliphatic heterocycles. The van der Waals surface area contributed by atoms with Gasteiger partial charge >= 0.3 is 15.6 Å². The highest BCUT2D eigenvalue weighted by molar-refractivity contribution is 7.47. The van der Waals surface area contributed by atoms with E-state index in [1.165, 1.54) is 35.0 Å². The van der Waals surface area contributed by atoms with E-state index in [0.717, 1.165) is 0 Å². The Morgan fingerprint density at radius 1 is 0.932 bits per heavy atom. The third-order valence-corrected chi connectivity index (χ3v) is 9.34. The van der Waals surface area contributed by atoms with E-state index in [4.69, 9.17) is 33.3 Å². The van der Waals surface area contributed by atoms with E-state index in [9.17, 15) is 28.8 Å². The molecule has 7 rings (SSSR count). The lowest BCUT2D eigenvalue weighted by atomic mass is 10.1. The van der Waals surface area contributed by atoms with Crippen LogP contribution in [0.2, 0.25) is 0 Å². The number of imidazole rings is 2. The summed E-state index contributed by atoms with van der Waals surface area (Å²) in [4.78, 5) is 56.6. The van der Waals surface area contributed by atoms with Crippen LogP contribution >= 0.6 is 15.6 Å². The van der Waals surface area contributed by atoms with Gasteiger partial charge in [0.15, 0.2) is 28.9 Å². The van der Waals surface area contributed by atoms with Crippen molar-refractivity contribution in [3.05, 3.63) is 35.2 Å². The van der Waals surface area contributed by atoms with Crippen molar-refractivity contribution in [2.75, 3.05) is 18.9 Å². The van der Waals surface area contributed by atoms with E-state index in [2.05, 4.69) is 29.9 Å². The molecular formula is C21H25N9O12P2. The molecule has 3 unspecified atom stereocenters.